The van der Waals surface area contributed by atoms with E-state index in [9.17, 15) is 9.59 Å². The molecule has 0 bridgehead atoms. The number of amides is 3. The molecule has 25 heavy (non-hydrogen) atoms. The number of fused-ring (bicyclic) bond motifs is 1. The van der Waals surface area contributed by atoms with Gasteiger partial charge in [0.05, 0.1) is 12.8 Å². The van der Waals surface area contributed by atoms with Crippen molar-refractivity contribution in [3.63, 3.8) is 0 Å². The topological polar surface area (TPSA) is 74.6 Å². The Morgan fingerprint density at radius 2 is 2.00 bits per heavy atom. The predicted octanol–water partition coefficient (Wildman–Crippen LogP) is 2.69. The molecule has 3 rings (SSSR count). The number of rotatable bonds is 5. The standard InChI is InChI=1S/C19H23N3O3/c1-13(2)17(21-19(24)20-12-15-7-5-11-25-15)18(23)22-10-9-14-6-3-4-8-16(14)22/h3-8,11,13,17H,9-10,12H2,1-2H3,(H2,20,21,24)/t17-/m0/s1. The molecule has 1 aliphatic heterocycles. The zero-order chi connectivity index (χ0) is 17.8. The summed E-state index contributed by atoms with van der Waals surface area (Å²) >= 11 is 0. The molecule has 132 valence electrons. The molecular weight excluding hydrogens is 318 g/mol. The van der Waals surface area contributed by atoms with Crippen molar-refractivity contribution < 1.29 is 14.0 Å². The lowest BCUT2D eigenvalue weighted by atomic mass is 10.0. The zero-order valence-corrected chi connectivity index (χ0v) is 14.5. The van der Waals surface area contributed by atoms with Gasteiger partial charge in [-0.15, -0.1) is 0 Å². The van der Waals surface area contributed by atoms with Crippen molar-refractivity contribution in [2.75, 3.05) is 11.4 Å². The van der Waals surface area contributed by atoms with E-state index in [4.69, 9.17) is 4.42 Å². The molecule has 0 saturated heterocycles. The highest BCUT2D eigenvalue weighted by Crippen LogP contribution is 2.28. The Labute approximate surface area is 147 Å². The number of hydrogen-bond donors (Lipinski definition) is 2. The summed E-state index contributed by atoms with van der Waals surface area (Å²) in [6, 6.07) is 10.5. The summed E-state index contributed by atoms with van der Waals surface area (Å²) in [6.07, 6.45) is 2.40. The van der Waals surface area contributed by atoms with Gasteiger partial charge in [0, 0.05) is 12.2 Å². The van der Waals surface area contributed by atoms with Gasteiger partial charge in [0.15, 0.2) is 0 Å². The van der Waals surface area contributed by atoms with Gasteiger partial charge in [-0.2, -0.15) is 0 Å². The van der Waals surface area contributed by atoms with Gasteiger partial charge < -0.3 is 20.0 Å². The Kier molecular flexibility index (Phi) is 5.07. The third-order valence-corrected chi connectivity index (χ3v) is 4.38. The Morgan fingerprint density at radius 1 is 1.20 bits per heavy atom. The summed E-state index contributed by atoms with van der Waals surface area (Å²) in [5.41, 5.74) is 2.11. The minimum absolute atomic E-state index is 0.0189. The Morgan fingerprint density at radius 3 is 2.72 bits per heavy atom. The van der Waals surface area contributed by atoms with Crippen molar-refractivity contribution in [2.45, 2.75) is 32.9 Å². The molecule has 0 fully saturated rings. The van der Waals surface area contributed by atoms with E-state index in [2.05, 4.69) is 10.6 Å². The van der Waals surface area contributed by atoms with Crippen LogP contribution in [0.5, 0.6) is 0 Å². The first-order valence-corrected chi connectivity index (χ1v) is 8.52. The molecule has 0 radical (unpaired) electrons. The van der Waals surface area contributed by atoms with Crippen LogP contribution >= 0.6 is 0 Å². The van der Waals surface area contributed by atoms with Crippen molar-refractivity contribution in [1.29, 1.82) is 0 Å². The summed E-state index contributed by atoms with van der Waals surface area (Å²) < 4.78 is 5.19. The quantitative estimate of drug-likeness (QED) is 0.878. The minimum atomic E-state index is -0.581. The van der Waals surface area contributed by atoms with Crippen molar-refractivity contribution in [3.8, 4) is 0 Å². The fraction of sp³-hybridized carbons (Fsp3) is 0.368. The first-order valence-electron chi connectivity index (χ1n) is 8.52. The molecule has 0 spiro atoms. The maximum Gasteiger partial charge on any atom is 0.315 e. The highest BCUT2D eigenvalue weighted by atomic mass is 16.3. The fourth-order valence-corrected chi connectivity index (χ4v) is 3.02. The van der Waals surface area contributed by atoms with E-state index < -0.39 is 6.04 Å². The van der Waals surface area contributed by atoms with Crippen LogP contribution in [0, 0.1) is 5.92 Å². The lowest BCUT2D eigenvalue weighted by Crippen LogP contribution is -2.53. The molecule has 1 aromatic carbocycles. The van der Waals surface area contributed by atoms with E-state index in [1.807, 2.05) is 38.1 Å². The lowest BCUT2D eigenvalue weighted by molar-refractivity contribution is -0.121. The molecule has 6 nitrogen and oxygen atoms in total. The van der Waals surface area contributed by atoms with Gasteiger partial charge in [-0.05, 0) is 36.1 Å². The molecule has 0 saturated carbocycles. The van der Waals surface area contributed by atoms with E-state index in [0.29, 0.717) is 12.3 Å². The zero-order valence-electron chi connectivity index (χ0n) is 14.5. The van der Waals surface area contributed by atoms with Crippen molar-refractivity contribution in [1.82, 2.24) is 10.6 Å². The van der Waals surface area contributed by atoms with Crippen LogP contribution < -0.4 is 15.5 Å². The Balaban J connectivity index is 1.64. The average molecular weight is 341 g/mol. The minimum Gasteiger partial charge on any atom is -0.467 e. The van der Waals surface area contributed by atoms with Crippen LogP contribution in [-0.4, -0.2) is 24.5 Å². The third kappa shape index (κ3) is 3.84. The first-order chi connectivity index (χ1) is 12.1. The van der Waals surface area contributed by atoms with E-state index in [1.165, 1.54) is 5.56 Å². The third-order valence-electron chi connectivity index (χ3n) is 4.38. The summed E-state index contributed by atoms with van der Waals surface area (Å²) in [5.74, 6) is 0.568. The number of hydrogen-bond acceptors (Lipinski definition) is 3. The largest absolute Gasteiger partial charge is 0.467 e. The second kappa shape index (κ2) is 7.42. The highest BCUT2D eigenvalue weighted by Gasteiger charge is 2.32. The molecule has 0 aliphatic carbocycles. The summed E-state index contributed by atoms with van der Waals surface area (Å²) in [6.45, 7) is 4.79. The van der Waals surface area contributed by atoms with Crippen LogP contribution in [0.4, 0.5) is 10.5 Å². The monoisotopic (exact) mass is 341 g/mol. The Bertz CT molecular complexity index is 740. The van der Waals surface area contributed by atoms with Gasteiger partial charge in [-0.25, -0.2) is 4.79 Å². The number of anilines is 1. The molecule has 2 N–H and O–H groups in total. The summed E-state index contributed by atoms with van der Waals surface area (Å²) in [7, 11) is 0. The molecule has 2 heterocycles. The summed E-state index contributed by atoms with van der Waals surface area (Å²) in [4.78, 5) is 26.9. The van der Waals surface area contributed by atoms with Gasteiger partial charge in [0.1, 0.15) is 11.8 Å². The molecule has 0 unspecified atom stereocenters. The van der Waals surface area contributed by atoms with Crippen LogP contribution in [0.1, 0.15) is 25.2 Å². The van der Waals surface area contributed by atoms with Gasteiger partial charge in [0.25, 0.3) is 0 Å². The fourth-order valence-electron chi connectivity index (χ4n) is 3.02. The van der Waals surface area contributed by atoms with E-state index in [1.54, 1.807) is 23.3 Å². The number of nitrogens with one attached hydrogen (secondary N) is 2. The number of urea groups is 1. The highest BCUT2D eigenvalue weighted by molar-refractivity contribution is 6.00. The second-order valence-electron chi connectivity index (χ2n) is 6.50. The maximum absolute atomic E-state index is 13.0. The SMILES string of the molecule is CC(C)[C@H](NC(=O)NCc1ccco1)C(=O)N1CCc2ccccc21. The van der Waals surface area contributed by atoms with Crippen molar-refractivity contribution >= 4 is 17.6 Å². The van der Waals surface area contributed by atoms with Crippen LogP contribution in [0.2, 0.25) is 0 Å². The lowest BCUT2D eigenvalue weighted by Gasteiger charge is -2.27. The molecule has 2 aromatic rings. The number of benzene rings is 1. The molecule has 3 amide bonds. The number of para-hydroxylation sites is 1. The van der Waals surface area contributed by atoms with Crippen LogP contribution in [0.25, 0.3) is 0 Å². The number of carbonyl (C=O) groups excluding carboxylic acids is 2. The number of nitrogens with zero attached hydrogens (tertiary/aromatic N) is 1. The molecule has 1 aromatic heterocycles. The van der Waals surface area contributed by atoms with Gasteiger partial charge in [-0.3, -0.25) is 4.79 Å². The molecular formula is C19H23N3O3. The number of furan rings is 1. The predicted molar refractivity (Wildman–Crippen MR) is 95.2 cm³/mol. The average Bonchev–Trinajstić information content (AvgIpc) is 3.26. The van der Waals surface area contributed by atoms with Gasteiger partial charge in [0.2, 0.25) is 5.91 Å². The normalized spacial score (nSPS) is 14.3. The second-order valence-corrected chi connectivity index (χ2v) is 6.50. The molecule has 1 atom stereocenters. The van der Waals surface area contributed by atoms with E-state index >= 15 is 0 Å². The first kappa shape index (κ1) is 17.1. The van der Waals surface area contributed by atoms with Crippen LogP contribution in [0.15, 0.2) is 47.1 Å². The molecule has 1 aliphatic rings. The maximum atomic E-state index is 13.0. The van der Waals surface area contributed by atoms with Gasteiger partial charge >= 0.3 is 6.03 Å². The Hall–Kier alpha value is -2.76. The van der Waals surface area contributed by atoms with Crippen LogP contribution in [0.3, 0.4) is 0 Å². The van der Waals surface area contributed by atoms with Crippen LogP contribution in [-0.2, 0) is 17.8 Å². The van der Waals surface area contributed by atoms with E-state index in [-0.39, 0.29) is 24.4 Å². The van der Waals surface area contributed by atoms with Gasteiger partial charge in [-0.1, -0.05) is 32.0 Å². The number of carbonyl (C=O) groups is 2. The summed E-state index contributed by atoms with van der Waals surface area (Å²) in [5, 5.41) is 5.52. The smallest absolute Gasteiger partial charge is 0.315 e. The van der Waals surface area contributed by atoms with E-state index in [0.717, 1.165) is 12.1 Å². The van der Waals surface area contributed by atoms with Crippen molar-refractivity contribution in [2.24, 2.45) is 5.92 Å². The molecule has 6 heteroatoms. The van der Waals surface area contributed by atoms with Crippen molar-refractivity contribution in [3.05, 3.63) is 54.0 Å².